The fourth-order valence-corrected chi connectivity index (χ4v) is 4.63. The SMILES string of the molecule is COc1ccc(C)cc1NC(=O)[C@@H](c1ccccc1)N(C)Cc1ccccc1N1CCCC1. The van der Waals surface area contributed by atoms with E-state index in [0.717, 1.165) is 24.2 Å². The van der Waals surface area contributed by atoms with Gasteiger partial charge in [0.25, 0.3) is 0 Å². The first-order valence-electron chi connectivity index (χ1n) is 11.6. The number of amides is 1. The van der Waals surface area contributed by atoms with Crippen LogP contribution in [0.5, 0.6) is 5.75 Å². The number of aryl methyl sites for hydroxylation is 1. The van der Waals surface area contributed by atoms with Crippen molar-refractivity contribution in [2.45, 2.75) is 32.4 Å². The number of hydrogen-bond acceptors (Lipinski definition) is 4. The molecule has 4 rings (SSSR count). The molecule has 0 spiro atoms. The summed E-state index contributed by atoms with van der Waals surface area (Å²) in [7, 11) is 3.64. The first-order valence-corrected chi connectivity index (χ1v) is 11.6. The first kappa shape index (κ1) is 22.9. The van der Waals surface area contributed by atoms with E-state index in [2.05, 4.69) is 39.4 Å². The van der Waals surface area contributed by atoms with Crippen LogP contribution in [-0.4, -0.2) is 38.1 Å². The number of carbonyl (C=O) groups is 1. The molecule has 1 atom stereocenters. The zero-order valence-electron chi connectivity index (χ0n) is 19.8. The average molecular weight is 444 g/mol. The van der Waals surface area contributed by atoms with Crippen molar-refractivity contribution in [3.05, 3.63) is 89.5 Å². The summed E-state index contributed by atoms with van der Waals surface area (Å²) < 4.78 is 5.48. The zero-order valence-corrected chi connectivity index (χ0v) is 19.8. The zero-order chi connectivity index (χ0) is 23.2. The maximum absolute atomic E-state index is 13.6. The molecule has 1 N–H and O–H groups in total. The van der Waals surface area contributed by atoms with Gasteiger partial charge in [-0.05, 0) is 61.7 Å². The lowest BCUT2D eigenvalue weighted by molar-refractivity contribution is -0.121. The van der Waals surface area contributed by atoms with Gasteiger partial charge in [-0.1, -0.05) is 54.6 Å². The fraction of sp³-hybridized carbons (Fsp3) is 0.321. The van der Waals surface area contributed by atoms with Crippen LogP contribution in [0.15, 0.2) is 72.8 Å². The third kappa shape index (κ3) is 5.37. The Morgan fingerprint density at radius 1 is 1.03 bits per heavy atom. The summed E-state index contributed by atoms with van der Waals surface area (Å²) in [6.07, 6.45) is 2.47. The predicted molar refractivity (Wildman–Crippen MR) is 135 cm³/mol. The fourth-order valence-electron chi connectivity index (χ4n) is 4.63. The number of carbonyl (C=O) groups excluding carboxylic acids is 1. The molecular weight excluding hydrogens is 410 g/mol. The van der Waals surface area contributed by atoms with E-state index < -0.39 is 6.04 Å². The number of ether oxygens (including phenoxy) is 1. The second kappa shape index (κ2) is 10.5. The van der Waals surface area contributed by atoms with Crippen LogP contribution in [0.2, 0.25) is 0 Å². The van der Waals surface area contributed by atoms with Crippen LogP contribution in [0.3, 0.4) is 0 Å². The lowest BCUT2D eigenvalue weighted by Crippen LogP contribution is -2.35. The topological polar surface area (TPSA) is 44.8 Å². The Morgan fingerprint density at radius 3 is 2.45 bits per heavy atom. The summed E-state index contributed by atoms with van der Waals surface area (Å²) in [5, 5.41) is 3.12. The molecule has 1 fully saturated rings. The van der Waals surface area contributed by atoms with E-state index in [1.165, 1.54) is 24.1 Å². The standard InChI is InChI=1S/C28H33N3O2/c1-21-15-16-26(33-3)24(19-21)29-28(32)27(22-11-5-4-6-12-22)30(2)20-23-13-7-8-14-25(23)31-17-9-10-18-31/h4-8,11-16,19,27H,9-10,17-18,20H2,1-3H3,(H,29,32)/t27-/m1/s1. The van der Waals surface area contributed by atoms with Crippen molar-refractivity contribution < 1.29 is 9.53 Å². The normalized spacial score (nSPS) is 14.4. The highest BCUT2D eigenvalue weighted by Gasteiger charge is 2.27. The number of nitrogens with one attached hydrogen (secondary N) is 1. The van der Waals surface area contributed by atoms with E-state index in [4.69, 9.17) is 4.74 Å². The predicted octanol–water partition coefficient (Wildman–Crippen LogP) is 5.42. The molecule has 0 unspecified atom stereocenters. The third-order valence-electron chi connectivity index (χ3n) is 6.28. The van der Waals surface area contributed by atoms with Gasteiger partial charge < -0.3 is 15.0 Å². The molecule has 172 valence electrons. The number of rotatable bonds is 8. The van der Waals surface area contributed by atoms with E-state index in [0.29, 0.717) is 18.0 Å². The number of methoxy groups -OCH3 is 1. The van der Waals surface area contributed by atoms with Gasteiger partial charge in [-0.25, -0.2) is 0 Å². The molecule has 1 aliphatic rings. The molecule has 5 heteroatoms. The number of anilines is 2. The van der Waals surface area contributed by atoms with Gasteiger partial charge in [0.05, 0.1) is 12.8 Å². The Hall–Kier alpha value is -3.31. The summed E-state index contributed by atoms with van der Waals surface area (Å²) in [5.41, 5.74) is 5.23. The molecule has 0 saturated carbocycles. The number of para-hydroxylation sites is 1. The van der Waals surface area contributed by atoms with Crippen molar-refractivity contribution in [3.63, 3.8) is 0 Å². The second-order valence-electron chi connectivity index (χ2n) is 8.74. The average Bonchev–Trinajstić information content (AvgIpc) is 3.35. The van der Waals surface area contributed by atoms with Crippen molar-refractivity contribution in [2.24, 2.45) is 0 Å². The number of likely N-dealkylation sites (N-methyl/N-ethyl adjacent to an activating group) is 1. The molecule has 0 radical (unpaired) electrons. The largest absolute Gasteiger partial charge is 0.495 e. The summed E-state index contributed by atoms with van der Waals surface area (Å²) in [4.78, 5) is 18.2. The molecule has 1 heterocycles. The molecule has 0 aliphatic carbocycles. The van der Waals surface area contributed by atoms with Crippen LogP contribution >= 0.6 is 0 Å². The van der Waals surface area contributed by atoms with Crippen LogP contribution in [0.1, 0.15) is 35.6 Å². The van der Waals surface area contributed by atoms with Gasteiger partial charge in [0.1, 0.15) is 11.8 Å². The Labute approximate surface area is 197 Å². The minimum Gasteiger partial charge on any atom is -0.495 e. The highest BCUT2D eigenvalue weighted by molar-refractivity contribution is 5.96. The highest BCUT2D eigenvalue weighted by Crippen LogP contribution is 2.31. The van der Waals surface area contributed by atoms with E-state index >= 15 is 0 Å². The maximum Gasteiger partial charge on any atom is 0.246 e. The lowest BCUT2D eigenvalue weighted by Gasteiger charge is -2.30. The number of benzene rings is 3. The van der Waals surface area contributed by atoms with Crippen molar-refractivity contribution in [1.29, 1.82) is 0 Å². The molecule has 1 saturated heterocycles. The summed E-state index contributed by atoms with van der Waals surface area (Å²) in [6.45, 7) is 4.86. The molecule has 1 amide bonds. The van der Waals surface area contributed by atoms with Gasteiger partial charge in [0.2, 0.25) is 5.91 Å². The smallest absolute Gasteiger partial charge is 0.246 e. The number of nitrogens with zero attached hydrogens (tertiary/aromatic N) is 2. The molecule has 3 aromatic rings. The van der Waals surface area contributed by atoms with E-state index in [1.54, 1.807) is 7.11 Å². The Balaban J connectivity index is 1.62. The maximum atomic E-state index is 13.6. The lowest BCUT2D eigenvalue weighted by atomic mass is 10.0. The van der Waals surface area contributed by atoms with Crippen LogP contribution in [0.4, 0.5) is 11.4 Å². The van der Waals surface area contributed by atoms with Crippen molar-refractivity contribution in [2.75, 3.05) is 37.5 Å². The van der Waals surface area contributed by atoms with Gasteiger partial charge in [-0.2, -0.15) is 0 Å². The molecule has 3 aromatic carbocycles. The van der Waals surface area contributed by atoms with Crippen molar-refractivity contribution >= 4 is 17.3 Å². The van der Waals surface area contributed by atoms with Crippen molar-refractivity contribution in [1.82, 2.24) is 4.90 Å². The molecule has 0 aromatic heterocycles. The van der Waals surface area contributed by atoms with Gasteiger partial charge in [0.15, 0.2) is 0 Å². The molecule has 33 heavy (non-hydrogen) atoms. The van der Waals surface area contributed by atoms with Crippen molar-refractivity contribution in [3.8, 4) is 5.75 Å². The van der Waals surface area contributed by atoms with Gasteiger partial charge >= 0.3 is 0 Å². The molecule has 0 bridgehead atoms. The first-order chi connectivity index (χ1) is 16.1. The Kier molecular flexibility index (Phi) is 7.30. The van der Waals surface area contributed by atoms with E-state index in [1.807, 2.05) is 62.5 Å². The van der Waals surface area contributed by atoms with Gasteiger partial charge in [-0.3, -0.25) is 9.69 Å². The highest BCUT2D eigenvalue weighted by atomic mass is 16.5. The Bertz CT molecular complexity index is 1080. The molecule has 1 aliphatic heterocycles. The molecule has 5 nitrogen and oxygen atoms in total. The minimum atomic E-state index is -0.442. The van der Waals surface area contributed by atoms with Crippen LogP contribution in [-0.2, 0) is 11.3 Å². The molecular formula is C28H33N3O2. The third-order valence-corrected chi connectivity index (χ3v) is 6.28. The van der Waals surface area contributed by atoms with E-state index in [-0.39, 0.29) is 5.91 Å². The van der Waals surface area contributed by atoms with Crippen LogP contribution in [0, 0.1) is 6.92 Å². The Morgan fingerprint density at radius 2 is 1.73 bits per heavy atom. The minimum absolute atomic E-state index is 0.0775. The van der Waals surface area contributed by atoms with Gasteiger partial charge in [-0.15, -0.1) is 0 Å². The van der Waals surface area contributed by atoms with Crippen LogP contribution in [0.25, 0.3) is 0 Å². The monoisotopic (exact) mass is 443 g/mol. The summed E-state index contributed by atoms with van der Waals surface area (Å²) in [6, 6.07) is 23.9. The number of hydrogen-bond donors (Lipinski definition) is 1. The second-order valence-corrected chi connectivity index (χ2v) is 8.74. The summed E-state index contributed by atoms with van der Waals surface area (Å²) in [5.74, 6) is 0.578. The van der Waals surface area contributed by atoms with Crippen LogP contribution < -0.4 is 15.0 Å². The van der Waals surface area contributed by atoms with E-state index in [9.17, 15) is 4.79 Å². The quantitative estimate of drug-likeness (QED) is 0.505. The summed E-state index contributed by atoms with van der Waals surface area (Å²) >= 11 is 0. The van der Waals surface area contributed by atoms with Gasteiger partial charge in [0, 0.05) is 25.3 Å².